The van der Waals surface area contributed by atoms with Crippen LogP contribution in [0, 0.1) is 6.92 Å². The van der Waals surface area contributed by atoms with Gasteiger partial charge in [-0.15, -0.1) is 0 Å². The number of hydrogen-bond donors (Lipinski definition) is 1. The summed E-state index contributed by atoms with van der Waals surface area (Å²) in [4.78, 5) is 0. The second kappa shape index (κ2) is 7.46. The molecular weight excluding hydrogens is 314 g/mol. The molecule has 0 aliphatic heterocycles. The summed E-state index contributed by atoms with van der Waals surface area (Å²) in [6.45, 7) is 6.16. The summed E-state index contributed by atoms with van der Waals surface area (Å²) in [6, 6.07) is 14.3. The molecule has 0 aliphatic carbocycles. The third kappa shape index (κ3) is 4.36. The zero-order chi connectivity index (χ0) is 14.4. The second-order valence-corrected chi connectivity index (χ2v) is 5.71. The van der Waals surface area contributed by atoms with Gasteiger partial charge in [0.05, 0.1) is 4.47 Å². The topological polar surface area (TPSA) is 21.3 Å². The first kappa shape index (κ1) is 15.1. The van der Waals surface area contributed by atoms with E-state index in [4.69, 9.17) is 4.74 Å². The van der Waals surface area contributed by atoms with Crippen LogP contribution in [0.15, 0.2) is 46.9 Å². The van der Waals surface area contributed by atoms with Crippen LogP contribution in [0.3, 0.4) is 0 Å². The van der Waals surface area contributed by atoms with E-state index in [1.807, 2.05) is 24.3 Å². The number of nitrogens with one attached hydrogen (secondary N) is 1. The minimum absolute atomic E-state index is 0.842. The Morgan fingerprint density at radius 1 is 1.15 bits per heavy atom. The monoisotopic (exact) mass is 333 g/mol. The van der Waals surface area contributed by atoms with Gasteiger partial charge >= 0.3 is 0 Å². The molecule has 106 valence electrons. The Morgan fingerprint density at radius 2 is 2.00 bits per heavy atom. The molecular formula is C17H20BrNO. The molecule has 2 nitrogen and oxygen atoms in total. The van der Waals surface area contributed by atoms with E-state index in [1.165, 1.54) is 11.1 Å². The van der Waals surface area contributed by atoms with Gasteiger partial charge in [-0.1, -0.05) is 25.1 Å². The molecule has 0 amide bonds. The lowest BCUT2D eigenvalue weighted by atomic mass is 10.2. The van der Waals surface area contributed by atoms with Crippen LogP contribution < -0.4 is 10.1 Å². The fourth-order valence-corrected chi connectivity index (χ4v) is 2.46. The lowest BCUT2D eigenvalue weighted by Crippen LogP contribution is -2.13. The zero-order valence-electron chi connectivity index (χ0n) is 11.9. The van der Waals surface area contributed by atoms with Gasteiger partial charge < -0.3 is 10.1 Å². The van der Waals surface area contributed by atoms with E-state index in [1.54, 1.807) is 0 Å². The molecule has 0 spiro atoms. The van der Waals surface area contributed by atoms with E-state index >= 15 is 0 Å². The van der Waals surface area contributed by atoms with Crippen LogP contribution in [0.2, 0.25) is 0 Å². The number of ether oxygens (including phenoxy) is 1. The van der Waals surface area contributed by atoms with Crippen molar-refractivity contribution in [3.8, 4) is 11.5 Å². The summed E-state index contributed by atoms with van der Waals surface area (Å²) < 4.78 is 6.88. The Hall–Kier alpha value is -1.32. The van der Waals surface area contributed by atoms with Crippen LogP contribution in [0.25, 0.3) is 0 Å². The predicted molar refractivity (Wildman–Crippen MR) is 87.4 cm³/mol. The summed E-state index contributed by atoms with van der Waals surface area (Å²) in [7, 11) is 0. The van der Waals surface area contributed by atoms with Crippen molar-refractivity contribution in [3.05, 3.63) is 58.1 Å². The highest BCUT2D eigenvalue weighted by molar-refractivity contribution is 9.10. The average molecular weight is 334 g/mol. The highest BCUT2D eigenvalue weighted by Crippen LogP contribution is 2.30. The van der Waals surface area contributed by atoms with Crippen molar-refractivity contribution in [1.82, 2.24) is 5.32 Å². The summed E-state index contributed by atoms with van der Waals surface area (Å²) >= 11 is 3.58. The molecule has 2 aromatic carbocycles. The van der Waals surface area contributed by atoms with Gasteiger partial charge in [-0.3, -0.25) is 0 Å². The molecule has 0 atom stereocenters. The molecule has 2 rings (SSSR count). The number of aryl methyl sites for hydroxylation is 1. The maximum atomic E-state index is 5.90. The van der Waals surface area contributed by atoms with E-state index < -0.39 is 0 Å². The van der Waals surface area contributed by atoms with Gasteiger partial charge in [0.2, 0.25) is 0 Å². The Balaban J connectivity index is 2.06. The molecule has 0 aromatic heterocycles. The average Bonchev–Trinajstić information content (AvgIpc) is 2.42. The lowest BCUT2D eigenvalue weighted by Gasteiger charge is -2.10. The van der Waals surface area contributed by atoms with E-state index in [0.717, 1.165) is 35.5 Å². The van der Waals surface area contributed by atoms with Gasteiger partial charge in [-0.2, -0.15) is 0 Å². The van der Waals surface area contributed by atoms with E-state index in [9.17, 15) is 0 Å². The van der Waals surface area contributed by atoms with Crippen molar-refractivity contribution >= 4 is 15.9 Å². The molecule has 0 aliphatic rings. The summed E-state index contributed by atoms with van der Waals surface area (Å²) in [5, 5.41) is 3.39. The Morgan fingerprint density at radius 3 is 2.70 bits per heavy atom. The first-order valence-corrected chi connectivity index (χ1v) is 7.72. The normalized spacial score (nSPS) is 10.6. The quantitative estimate of drug-likeness (QED) is 0.747. The van der Waals surface area contributed by atoms with E-state index in [0.29, 0.717) is 0 Å². The fourth-order valence-electron chi connectivity index (χ4n) is 1.95. The molecule has 1 N–H and O–H groups in total. The number of benzene rings is 2. The third-order valence-corrected chi connectivity index (χ3v) is 3.59. The maximum Gasteiger partial charge on any atom is 0.141 e. The number of rotatable bonds is 6. The Kier molecular flexibility index (Phi) is 5.62. The summed E-state index contributed by atoms with van der Waals surface area (Å²) in [5.74, 6) is 1.71. The molecule has 0 saturated carbocycles. The SMILES string of the molecule is CCCNCc1ccc(Oc2cccc(C)c2)c(Br)c1. The molecule has 0 heterocycles. The standard InChI is InChI=1S/C17H20BrNO/c1-3-9-19-12-14-7-8-17(16(18)11-14)20-15-6-4-5-13(2)10-15/h4-8,10-11,19H,3,9,12H2,1-2H3. The molecule has 0 unspecified atom stereocenters. The summed E-state index contributed by atoms with van der Waals surface area (Å²) in [6.07, 6.45) is 1.15. The van der Waals surface area contributed by atoms with Crippen LogP contribution in [0.4, 0.5) is 0 Å². The maximum absolute atomic E-state index is 5.90. The molecule has 20 heavy (non-hydrogen) atoms. The van der Waals surface area contributed by atoms with E-state index in [2.05, 4.69) is 53.3 Å². The van der Waals surface area contributed by atoms with Gasteiger partial charge in [0, 0.05) is 6.54 Å². The Labute approximate surface area is 129 Å². The van der Waals surface area contributed by atoms with Gasteiger partial charge in [0.25, 0.3) is 0 Å². The van der Waals surface area contributed by atoms with Gasteiger partial charge in [0.15, 0.2) is 0 Å². The van der Waals surface area contributed by atoms with Crippen LogP contribution >= 0.6 is 15.9 Å². The lowest BCUT2D eigenvalue weighted by molar-refractivity contribution is 0.479. The van der Waals surface area contributed by atoms with Crippen molar-refractivity contribution in [2.75, 3.05) is 6.54 Å². The largest absolute Gasteiger partial charge is 0.456 e. The minimum atomic E-state index is 0.842. The smallest absolute Gasteiger partial charge is 0.141 e. The van der Waals surface area contributed by atoms with Gasteiger partial charge in [-0.25, -0.2) is 0 Å². The van der Waals surface area contributed by atoms with Crippen LogP contribution in [0.5, 0.6) is 11.5 Å². The highest BCUT2D eigenvalue weighted by Gasteiger charge is 2.04. The Bertz CT molecular complexity index is 569. The molecule has 2 aromatic rings. The molecule has 3 heteroatoms. The molecule has 0 saturated heterocycles. The number of hydrogen-bond acceptors (Lipinski definition) is 2. The first-order chi connectivity index (χ1) is 9.69. The van der Waals surface area contributed by atoms with Crippen molar-refractivity contribution in [1.29, 1.82) is 0 Å². The zero-order valence-corrected chi connectivity index (χ0v) is 13.5. The van der Waals surface area contributed by atoms with Gasteiger partial charge in [0.1, 0.15) is 11.5 Å². The van der Waals surface area contributed by atoms with Crippen LogP contribution in [-0.4, -0.2) is 6.54 Å². The van der Waals surface area contributed by atoms with Crippen molar-refractivity contribution in [2.24, 2.45) is 0 Å². The summed E-state index contributed by atoms with van der Waals surface area (Å²) in [5.41, 5.74) is 2.45. The van der Waals surface area contributed by atoms with Crippen molar-refractivity contribution < 1.29 is 4.74 Å². The molecule has 0 radical (unpaired) electrons. The molecule has 0 fully saturated rings. The first-order valence-electron chi connectivity index (χ1n) is 6.92. The van der Waals surface area contributed by atoms with Crippen molar-refractivity contribution in [3.63, 3.8) is 0 Å². The number of halogens is 1. The van der Waals surface area contributed by atoms with Gasteiger partial charge in [-0.05, 0) is 71.2 Å². The predicted octanol–water partition coefficient (Wildman–Crippen LogP) is 5.05. The highest BCUT2D eigenvalue weighted by atomic mass is 79.9. The second-order valence-electron chi connectivity index (χ2n) is 4.86. The van der Waals surface area contributed by atoms with Crippen LogP contribution in [0.1, 0.15) is 24.5 Å². The molecule has 0 bridgehead atoms. The fraction of sp³-hybridized carbons (Fsp3) is 0.294. The third-order valence-electron chi connectivity index (χ3n) is 2.97. The van der Waals surface area contributed by atoms with Crippen LogP contribution in [-0.2, 0) is 6.54 Å². The van der Waals surface area contributed by atoms with E-state index in [-0.39, 0.29) is 0 Å². The minimum Gasteiger partial charge on any atom is -0.456 e. The van der Waals surface area contributed by atoms with Crippen molar-refractivity contribution in [2.45, 2.75) is 26.8 Å².